The van der Waals surface area contributed by atoms with E-state index >= 15 is 0 Å². The van der Waals surface area contributed by atoms with Crippen LogP contribution in [0.1, 0.15) is 23.4 Å². The van der Waals surface area contributed by atoms with Crippen molar-refractivity contribution in [2.45, 2.75) is 17.7 Å². The third kappa shape index (κ3) is 4.23. The average molecular weight is 383 g/mol. The number of rotatable bonds is 5. The molecule has 1 aromatic carbocycles. The molecule has 1 saturated heterocycles. The summed E-state index contributed by atoms with van der Waals surface area (Å²) < 4.78 is 31.7. The molecule has 3 rings (SSSR count). The molecule has 0 unspecified atom stereocenters. The highest BCUT2D eigenvalue weighted by Gasteiger charge is 2.29. The lowest BCUT2D eigenvalue weighted by Gasteiger charge is -2.31. The van der Waals surface area contributed by atoms with E-state index in [1.807, 2.05) is 0 Å². The highest BCUT2D eigenvalue weighted by atomic mass is 35.5. The normalized spacial score (nSPS) is 16.7. The molecular formula is C17H19ClN2O4S. The number of hydrogen-bond donors (Lipinski definition) is 1. The Balaban J connectivity index is 1.51. The zero-order valence-corrected chi connectivity index (χ0v) is 15.1. The molecule has 1 N–H and O–H groups in total. The van der Waals surface area contributed by atoms with E-state index in [9.17, 15) is 13.2 Å². The maximum atomic E-state index is 12.6. The summed E-state index contributed by atoms with van der Waals surface area (Å²) in [5.41, 5.74) is 0. The number of nitrogens with zero attached hydrogens (tertiary/aromatic N) is 1. The van der Waals surface area contributed by atoms with Crippen LogP contribution in [0.4, 0.5) is 0 Å². The SMILES string of the molecule is O=C(NCC1CCN(S(=O)(=O)c2ccccc2)CC1)c1ccc(Cl)o1. The van der Waals surface area contributed by atoms with Crippen LogP contribution in [0.3, 0.4) is 0 Å². The van der Waals surface area contributed by atoms with E-state index in [0.29, 0.717) is 37.4 Å². The van der Waals surface area contributed by atoms with E-state index in [-0.39, 0.29) is 22.8 Å². The molecule has 2 aromatic rings. The average Bonchev–Trinajstić information content (AvgIpc) is 3.07. The van der Waals surface area contributed by atoms with Crippen molar-refractivity contribution in [3.8, 4) is 0 Å². The fourth-order valence-electron chi connectivity index (χ4n) is 2.86. The minimum absolute atomic E-state index is 0.171. The molecule has 0 spiro atoms. The number of hydrogen-bond acceptors (Lipinski definition) is 4. The van der Waals surface area contributed by atoms with Crippen molar-refractivity contribution in [2.75, 3.05) is 19.6 Å². The van der Waals surface area contributed by atoms with Gasteiger partial charge >= 0.3 is 0 Å². The Morgan fingerprint density at radius 1 is 1.16 bits per heavy atom. The Morgan fingerprint density at radius 2 is 1.84 bits per heavy atom. The smallest absolute Gasteiger partial charge is 0.287 e. The topological polar surface area (TPSA) is 79.6 Å². The molecule has 0 radical (unpaired) electrons. The molecule has 0 saturated carbocycles. The lowest BCUT2D eigenvalue weighted by molar-refractivity contribution is 0.0914. The second kappa shape index (κ2) is 7.59. The van der Waals surface area contributed by atoms with Gasteiger partial charge in [0.25, 0.3) is 5.91 Å². The van der Waals surface area contributed by atoms with Crippen molar-refractivity contribution >= 4 is 27.5 Å². The number of amides is 1. The van der Waals surface area contributed by atoms with Crippen LogP contribution < -0.4 is 5.32 Å². The van der Waals surface area contributed by atoms with E-state index in [1.54, 1.807) is 30.3 Å². The molecular weight excluding hydrogens is 364 g/mol. The predicted molar refractivity (Wildman–Crippen MR) is 94.0 cm³/mol. The first-order chi connectivity index (χ1) is 12.0. The molecule has 1 amide bonds. The summed E-state index contributed by atoms with van der Waals surface area (Å²) in [6.07, 6.45) is 1.40. The molecule has 1 aromatic heterocycles. The number of sulfonamides is 1. The van der Waals surface area contributed by atoms with Gasteiger partial charge in [-0.3, -0.25) is 4.79 Å². The van der Waals surface area contributed by atoms with Crippen LogP contribution >= 0.6 is 11.6 Å². The van der Waals surface area contributed by atoms with Crippen molar-refractivity contribution in [3.05, 3.63) is 53.4 Å². The summed E-state index contributed by atoms with van der Waals surface area (Å²) in [6.45, 7) is 1.38. The molecule has 0 aliphatic carbocycles. The molecule has 25 heavy (non-hydrogen) atoms. The predicted octanol–water partition coefficient (Wildman–Crippen LogP) is 2.76. The highest BCUT2D eigenvalue weighted by Crippen LogP contribution is 2.23. The minimum Gasteiger partial charge on any atom is -0.440 e. The zero-order chi connectivity index (χ0) is 17.9. The first kappa shape index (κ1) is 18.0. The summed E-state index contributed by atoms with van der Waals surface area (Å²) in [4.78, 5) is 12.3. The molecule has 0 atom stereocenters. The van der Waals surface area contributed by atoms with Gasteiger partial charge in [-0.25, -0.2) is 8.42 Å². The van der Waals surface area contributed by atoms with Gasteiger partial charge in [0.2, 0.25) is 10.0 Å². The number of piperidine rings is 1. The van der Waals surface area contributed by atoms with Gasteiger partial charge in [-0.1, -0.05) is 18.2 Å². The molecule has 134 valence electrons. The van der Waals surface area contributed by atoms with Gasteiger partial charge in [0, 0.05) is 19.6 Å². The molecule has 8 heteroatoms. The first-order valence-electron chi connectivity index (χ1n) is 8.05. The lowest BCUT2D eigenvalue weighted by atomic mass is 9.98. The second-order valence-corrected chi connectivity index (χ2v) is 8.28. The van der Waals surface area contributed by atoms with Gasteiger partial charge in [0.05, 0.1) is 4.90 Å². The van der Waals surface area contributed by atoms with Gasteiger partial charge in [0.15, 0.2) is 11.0 Å². The number of nitrogens with one attached hydrogen (secondary N) is 1. The van der Waals surface area contributed by atoms with Crippen molar-refractivity contribution in [2.24, 2.45) is 5.92 Å². The first-order valence-corrected chi connectivity index (χ1v) is 9.87. The Bertz CT molecular complexity index is 827. The molecule has 1 fully saturated rings. The van der Waals surface area contributed by atoms with Crippen LogP contribution in [0, 0.1) is 5.92 Å². The summed E-state index contributed by atoms with van der Waals surface area (Å²) in [6, 6.07) is 11.5. The summed E-state index contributed by atoms with van der Waals surface area (Å²) >= 11 is 5.65. The van der Waals surface area contributed by atoms with Gasteiger partial charge in [-0.05, 0) is 54.6 Å². The van der Waals surface area contributed by atoms with Crippen LogP contribution in [0.2, 0.25) is 5.22 Å². The van der Waals surface area contributed by atoms with Crippen LogP contribution in [0.15, 0.2) is 51.8 Å². The van der Waals surface area contributed by atoms with Gasteiger partial charge in [-0.2, -0.15) is 4.31 Å². The van der Waals surface area contributed by atoms with Gasteiger partial charge in [0.1, 0.15) is 0 Å². The Hall–Kier alpha value is -1.83. The van der Waals surface area contributed by atoms with Crippen LogP contribution in [-0.4, -0.2) is 38.3 Å². The number of carbonyl (C=O) groups excluding carboxylic acids is 1. The van der Waals surface area contributed by atoms with E-state index in [2.05, 4.69) is 5.32 Å². The lowest BCUT2D eigenvalue weighted by Crippen LogP contribution is -2.41. The monoisotopic (exact) mass is 382 g/mol. The zero-order valence-electron chi connectivity index (χ0n) is 13.5. The third-order valence-corrected chi connectivity index (χ3v) is 6.42. The summed E-state index contributed by atoms with van der Waals surface area (Å²) in [5, 5.41) is 2.98. The third-order valence-electron chi connectivity index (χ3n) is 4.30. The minimum atomic E-state index is -3.44. The van der Waals surface area contributed by atoms with E-state index in [0.717, 1.165) is 0 Å². The molecule has 6 nitrogen and oxygen atoms in total. The number of carbonyl (C=O) groups is 1. The number of furan rings is 1. The fourth-order valence-corrected chi connectivity index (χ4v) is 4.49. The Labute approximate surface area is 151 Å². The summed E-state index contributed by atoms with van der Waals surface area (Å²) in [7, 11) is -3.44. The van der Waals surface area contributed by atoms with Crippen LogP contribution in [-0.2, 0) is 10.0 Å². The molecule has 2 heterocycles. The standard InChI is InChI=1S/C17H19ClN2O4S/c18-16-7-6-15(24-16)17(21)19-12-13-8-10-20(11-9-13)25(22,23)14-4-2-1-3-5-14/h1-7,13H,8-12H2,(H,19,21). The van der Waals surface area contributed by atoms with Crippen molar-refractivity contribution in [1.82, 2.24) is 9.62 Å². The van der Waals surface area contributed by atoms with Gasteiger partial charge in [-0.15, -0.1) is 0 Å². The maximum Gasteiger partial charge on any atom is 0.287 e. The van der Waals surface area contributed by atoms with Gasteiger partial charge < -0.3 is 9.73 Å². The second-order valence-electron chi connectivity index (χ2n) is 5.97. The maximum absolute atomic E-state index is 12.6. The van der Waals surface area contributed by atoms with E-state index < -0.39 is 10.0 Å². The summed E-state index contributed by atoms with van der Waals surface area (Å²) in [5.74, 6) is 0.0944. The van der Waals surface area contributed by atoms with Crippen molar-refractivity contribution in [3.63, 3.8) is 0 Å². The van der Waals surface area contributed by atoms with Crippen molar-refractivity contribution < 1.29 is 17.6 Å². The highest BCUT2D eigenvalue weighted by molar-refractivity contribution is 7.89. The molecule has 0 bridgehead atoms. The number of halogens is 1. The van der Waals surface area contributed by atoms with Crippen LogP contribution in [0.25, 0.3) is 0 Å². The van der Waals surface area contributed by atoms with Crippen molar-refractivity contribution in [1.29, 1.82) is 0 Å². The number of benzene rings is 1. The molecule has 1 aliphatic rings. The van der Waals surface area contributed by atoms with E-state index in [1.165, 1.54) is 16.4 Å². The Morgan fingerprint density at radius 3 is 2.44 bits per heavy atom. The fraction of sp³-hybridized carbons (Fsp3) is 0.353. The quantitative estimate of drug-likeness (QED) is 0.862. The van der Waals surface area contributed by atoms with Crippen LogP contribution in [0.5, 0.6) is 0 Å². The molecule has 1 aliphatic heterocycles. The van der Waals surface area contributed by atoms with E-state index in [4.69, 9.17) is 16.0 Å². The Kier molecular flexibility index (Phi) is 5.46. The largest absolute Gasteiger partial charge is 0.440 e.